The van der Waals surface area contributed by atoms with E-state index in [2.05, 4.69) is 15.6 Å². The first-order valence-electron chi connectivity index (χ1n) is 30.4. The van der Waals surface area contributed by atoms with Gasteiger partial charge in [0.25, 0.3) is 5.91 Å². The van der Waals surface area contributed by atoms with Crippen molar-refractivity contribution in [1.82, 2.24) is 35.2 Å². The fourth-order valence-corrected chi connectivity index (χ4v) is 9.01. The normalized spacial score (nSPS) is 13.7. The van der Waals surface area contributed by atoms with Crippen molar-refractivity contribution in [3.05, 3.63) is 76.1 Å². The van der Waals surface area contributed by atoms with E-state index in [4.69, 9.17) is 64.1 Å². The number of carboxylic acid groups (broad SMARTS) is 4. The van der Waals surface area contributed by atoms with Crippen LogP contribution in [0.15, 0.2) is 48.7 Å². The number of aromatic nitrogens is 1. The average Bonchev–Trinajstić information content (AvgIpc) is 0.793. The number of carbonyl (C=O) groups excluding carboxylic acids is 6. The molecule has 2 aromatic carbocycles. The predicted octanol–water partition coefficient (Wildman–Crippen LogP) is -1.26. The third kappa shape index (κ3) is 37.6. The second-order valence-corrected chi connectivity index (χ2v) is 21.3. The van der Waals surface area contributed by atoms with E-state index in [0.29, 0.717) is 129 Å². The molecule has 0 radical (unpaired) electrons. The maximum absolute atomic E-state index is 13.8. The molecule has 3 aromatic rings. The number of hydrogen-bond donors (Lipinski definition) is 3. The Morgan fingerprint density at radius 3 is 1.41 bits per heavy atom. The second kappa shape index (κ2) is 49.0. The zero-order valence-electron chi connectivity index (χ0n) is 54.3. The van der Waals surface area contributed by atoms with Crippen molar-refractivity contribution < 1.29 is 123 Å². The molecule has 1 saturated heterocycles. The number of aryl methyl sites for hydroxylation is 1. The van der Waals surface area contributed by atoms with E-state index < -0.39 is 47.8 Å². The Kier molecular flexibility index (Phi) is 43.8. The molecule has 0 unspecified atom stereocenters. The van der Waals surface area contributed by atoms with Crippen LogP contribution >= 0.6 is 11.6 Å². The van der Waals surface area contributed by atoms with Gasteiger partial charge in [-0.15, -0.1) is 0 Å². The summed E-state index contributed by atoms with van der Waals surface area (Å²) in [5, 5.41) is 56.2. The Labute approximate surface area is 586 Å². The number of pyridine rings is 1. The van der Waals surface area contributed by atoms with E-state index in [1.54, 1.807) is 45.9 Å². The van der Waals surface area contributed by atoms with Gasteiger partial charge in [-0.3, -0.25) is 43.8 Å². The Morgan fingerprint density at radius 2 is 1.01 bits per heavy atom. The molecule has 3 N–H and O–H groups in total. The third-order valence-electron chi connectivity index (χ3n) is 13.6. The number of alkyl halides is 6. The van der Waals surface area contributed by atoms with Gasteiger partial charge in [-0.1, -0.05) is 23.7 Å². The number of halogens is 7. The van der Waals surface area contributed by atoms with Crippen LogP contribution in [-0.4, -0.2) is 314 Å². The first-order chi connectivity index (χ1) is 46.2. The number of nitriles is 1. The number of para-hydroxylation sites is 1. The van der Waals surface area contributed by atoms with Crippen LogP contribution in [-0.2, 0) is 72.8 Å². The Morgan fingerprint density at radius 1 is 0.602 bits per heavy atom. The van der Waals surface area contributed by atoms with Crippen molar-refractivity contribution in [2.24, 2.45) is 0 Å². The number of carbonyl (C=O) groups is 7. The molecular weight excluding hydrogens is 1440 g/mol. The molecule has 4 rings (SSSR count). The standard InChI is InChI=1S/C59H83ClF3N9O18.C2HF3O2.In/c1-44-4-3-5-50(57(44)68(2)58(81)45-6-7-49(60)47(36-45)48-39-67-51(59(61,62)63)37-46(48)38-64)90-19-8-52(73)65-9-20-82-22-24-84-26-28-86-30-32-88-34-35-89-33-31-87-29-27-85-25-23-83-21-10-66-53(74)40-69-11-13-70(41-54(75)76)15-17-72(43-56(79)80)18-16-71(14-12-69)42-55(77)78;3-2(4,5)1(6)7;/h3-7,36-37,39H,8-35,40-43H2,1-2H3,(H,65,73)(H,66,74)(H,75,76)(H,77,78)(H,79,80);(H,6,7);/q;;+3/p-3. The van der Waals surface area contributed by atoms with Crippen LogP contribution in [0.1, 0.15) is 33.6 Å². The van der Waals surface area contributed by atoms with Crippen LogP contribution in [0.2, 0.25) is 5.02 Å². The summed E-state index contributed by atoms with van der Waals surface area (Å²) in [5.41, 5.74) is -0.136. The second-order valence-electron chi connectivity index (χ2n) is 20.9. The minimum Gasteiger partial charge on any atom is -0.549 e. The number of carboxylic acids is 4. The number of amides is 3. The predicted molar refractivity (Wildman–Crippen MR) is 331 cm³/mol. The summed E-state index contributed by atoms with van der Waals surface area (Å²) < 4.78 is 122. The minimum atomic E-state index is -5.19. The molecule has 0 atom stereocenters. The molecule has 1 aromatic heterocycles. The molecule has 0 aliphatic carbocycles. The number of ether oxygens (including phenoxy) is 9. The van der Waals surface area contributed by atoms with E-state index in [9.17, 15) is 75.7 Å². The van der Waals surface area contributed by atoms with Crippen LogP contribution in [0.25, 0.3) is 11.1 Å². The van der Waals surface area contributed by atoms with Crippen LogP contribution < -0.4 is 35.6 Å². The fourth-order valence-electron chi connectivity index (χ4n) is 8.79. The molecule has 0 bridgehead atoms. The quantitative estimate of drug-likeness (QED) is 0.0440. The van der Waals surface area contributed by atoms with Crippen LogP contribution in [0, 0.1) is 18.3 Å². The smallest absolute Gasteiger partial charge is 0.549 e. The molecule has 0 spiro atoms. The van der Waals surface area contributed by atoms with Gasteiger partial charge in [0.05, 0.1) is 161 Å². The molecule has 1 aliphatic heterocycles. The van der Waals surface area contributed by atoms with Gasteiger partial charge in [-0.25, -0.2) is 0 Å². The maximum Gasteiger partial charge on any atom is 3.00 e. The van der Waals surface area contributed by atoms with Gasteiger partial charge in [-0.05, 0) is 42.8 Å². The Hall–Kier alpha value is -6.57. The first kappa shape index (κ1) is 87.5. The van der Waals surface area contributed by atoms with E-state index in [0.717, 1.165) is 6.20 Å². The number of anilines is 1. The third-order valence-corrected chi connectivity index (χ3v) is 13.9. The summed E-state index contributed by atoms with van der Waals surface area (Å²) in [6.45, 7) is 8.75. The zero-order valence-corrected chi connectivity index (χ0v) is 58.4. The van der Waals surface area contributed by atoms with Crippen molar-refractivity contribution in [3.63, 3.8) is 0 Å². The fraction of sp³-hybridized carbons (Fsp3) is 0.590. The molecule has 2 heterocycles. The summed E-state index contributed by atoms with van der Waals surface area (Å²) in [6.07, 6.45) is -9.04. The zero-order chi connectivity index (χ0) is 71.6. The summed E-state index contributed by atoms with van der Waals surface area (Å²) in [5.74, 6) is -7.37. The molecule has 1 aliphatic rings. The van der Waals surface area contributed by atoms with Gasteiger partial charge in [-0.2, -0.15) is 31.6 Å². The SMILES string of the molecule is Cc1cccc(OCCC(=O)NCCOCCOCCOCCOCCOCCOCCOCCOCCNC(=O)CN2CCN(CC(=O)[O-])CCN(CC(=O)[O-])CCN(CC(=O)O)CC2)c1N(C)C(=O)c1ccc(Cl)c(-c2cnc(C(F)(F)F)cc2C#N)c1.O=C([O-])C(F)(F)F.[In+3]. The molecule has 37 heteroatoms. The van der Waals surface area contributed by atoms with Crippen LogP contribution in [0.3, 0.4) is 0 Å². The summed E-state index contributed by atoms with van der Waals surface area (Å²) >= 11 is 6.39. The number of nitrogens with one attached hydrogen (secondary N) is 2. The van der Waals surface area contributed by atoms with Crippen LogP contribution in [0.4, 0.5) is 32.0 Å². The van der Waals surface area contributed by atoms with Gasteiger partial charge in [0.15, 0.2) is 0 Å². The largest absolute Gasteiger partial charge is 3.00 e. The van der Waals surface area contributed by atoms with E-state index in [-0.39, 0.29) is 170 Å². The van der Waals surface area contributed by atoms with Crippen molar-refractivity contribution >= 4 is 84.7 Å². The minimum absolute atomic E-state index is 0. The number of aliphatic carboxylic acids is 4. The van der Waals surface area contributed by atoms with E-state index in [1.165, 1.54) is 30.1 Å². The summed E-state index contributed by atoms with van der Waals surface area (Å²) in [7, 11) is 1.53. The van der Waals surface area contributed by atoms with Gasteiger partial charge < -0.3 is 93.0 Å². The van der Waals surface area contributed by atoms with Gasteiger partial charge in [0.2, 0.25) is 11.8 Å². The van der Waals surface area contributed by atoms with Crippen molar-refractivity contribution in [2.75, 3.05) is 216 Å². The van der Waals surface area contributed by atoms with Gasteiger partial charge >= 0.3 is 44.2 Å². The molecule has 98 heavy (non-hydrogen) atoms. The molecular formula is C61H81ClF6InN9O20. The number of benzene rings is 2. The van der Waals surface area contributed by atoms with Gasteiger partial charge in [0, 0.05) is 113 Å². The van der Waals surface area contributed by atoms with Crippen molar-refractivity contribution in [3.8, 4) is 22.9 Å². The molecule has 29 nitrogen and oxygen atoms in total. The van der Waals surface area contributed by atoms with Gasteiger partial charge in [0.1, 0.15) is 17.4 Å². The van der Waals surface area contributed by atoms with Crippen molar-refractivity contribution in [1.29, 1.82) is 5.26 Å². The topological polar surface area (TPSA) is 369 Å². The number of rotatable bonds is 42. The number of hydrogen-bond acceptors (Lipinski definition) is 25. The monoisotopic (exact) mass is 1520 g/mol. The van der Waals surface area contributed by atoms with Crippen LogP contribution in [0.5, 0.6) is 5.75 Å². The number of nitrogens with zero attached hydrogens (tertiary/aromatic N) is 7. The summed E-state index contributed by atoms with van der Waals surface area (Å²) in [4.78, 5) is 93.6. The maximum atomic E-state index is 13.8. The molecule has 3 amide bonds. The molecule has 1 fully saturated rings. The van der Waals surface area contributed by atoms with E-state index >= 15 is 0 Å². The molecule has 0 saturated carbocycles. The van der Waals surface area contributed by atoms with Crippen molar-refractivity contribution in [2.45, 2.75) is 25.7 Å². The Bertz CT molecular complexity index is 2930. The average molecular weight is 1520 g/mol. The summed E-state index contributed by atoms with van der Waals surface area (Å²) in [6, 6.07) is 11.8. The first-order valence-corrected chi connectivity index (χ1v) is 30.8. The molecule has 542 valence electrons. The Balaban J connectivity index is 0.00000386. The van der Waals surface area contributed by atoms with E-state index in [1.807, 2.05) is 4.90 Å².